The maximum Gasteiger partial charge on any atom is 0.127 e. The van der Waals surface area contributed by atoms with Crippen LogP contribution in [0.1, 0.15) is 5.56 Å². The molecule has 0 aliphatic rings. The van der Waals surface area contributed by atoms with Crippen LogP contribution in [-0.2, 0) is 5.33 Å². The molecule has 0 aromatic heterocycles. The Morgan fingerprint density at radius 3 is 2.53 bits per heavy atom. The Labute approximate surface area is 117 Å². The van der Waals surface area contributed by atoms with Crippen molar-refractivity contribution in [3.8, 4) is 11.1 Å². The Morgan fingerprint density at radius 1 is 1.06 bits per heavy atom. The number of rotatable bonds is 2. The van der Waals surface area contributed by atoms with Crippen molar-refractivity contribution < 1.29 is 4.39 Å². The van der Waals surface area contributed by atoms with Crippen LogP contribution in [-0.4, -0.2) is 0 Å². The molecule has 2 aromatic carbocycles. The Morgan fingerprint density at radius 2 is 1.82 bits per heavy atom. The quantitative estimate of drug-likeness (QED) is 0.619. The van der Waals surface area contributed by atoms with Crippen LogP contribution in [0.2, 0.25) is 10.0 Å². The zero-order valence-corrected chi connectivity index (χ0v) is 11.8. The molecule has 0 bridgehead atoms. The second kappa shape index (κ2) is 5.38. The van der Waals surface area contributed by atoms with Crippen LogP contribution in [0.3, 0.4) is 0 Å². The first-order chi connectivity index (χ1) is 8.11. The lowest BCUT2D eigenvalue weighted by Crippen LogP contribution is -1.88. The minimum atomic E-state index is -0.233. The highest BCUT2D eigenvalue weighted by atomic mass is 79.9. The normalized spacial score (nSPS) is 10.6. The van der Waals surface area contributed by atoms with Gasteiger partial charge in [0, 0.05) is 20.9 Å². The lowest BCUT2D eigenvalue weighted by Gasteiger charge is -2.07. The first-order valence-electron chi connectivity index (χ1n) is 4.91. The fourth-order valence-electron chi connectivity index (χ4n) is 1.56. The summed E-state index contributed by atoms with van der Waals surface area (Å²) in [6.07, 6.45) is 0. The number of halogens is 4. The molecule has 0 fully saturated rings. The lowest BCUT2D eigenvalue weighted by molar-refractivity contribution is 0.618. The smallest absolute Gasteiger partial charge is 0.127 e. The molecule has 0 aliphatic heterocycles. The van der Waals surface area contributed by atoms with Crippen LogP contribution in [0, 0.1) is 5.82 Å². The largest absolute Gasteiger partial charge is 0.207 e. The van der Waals surface area contributed by atoms with Gasteiger partial charge in [0.1, 0.15) is 5.82 Å². The van der Waals surface area contributed by atoms with E-state index in [0.717, 1.165) is 11.1 Å². The highest BCUT2D eigenvalue weighted by molar-refractivity contribution is 9.08. The zero-order valence-electron chi connectivity index (χ0n) is 8.68. The maximum absolute atomic E-state index is 13.4. The molecule has 4 heteroatoms. The summed E-state index contributed by atoms with van der Waals surface area (Å²) < 4.78 is 13.4. The maximum atomic E-state index is 13.4. The number of benzene rings is 2. The fourth-order valence-corrected chi connectivity index (χ4v) is 2.39. The third-order valence-corrected chi connectivity index (χ3v) is 3.60. The van der Waals surface area contributed by atoms with E-state index in [2.05, 4.69) is 15.9 Å². The second-order valence-electron chi connectivity index (χ2n) is 3.56. The van der Waals surface area contributed by atoms with Crippen LogP contribution in [0.15, 0.2) is 36.4 Å². The average molecular weight is 334 g/mol. The van der Waals surface area contributed by atoms with E-state index in [1.165, 1.54) is 6.07 Å². The Hall–Kier alpha value is -0.570. The summed E-state index contributed by atoms with van der Waals surface area (Å²) in [7, 11) is 0. The van der Waals surface area contributed by atoms with Gasteiger partial charge in [-0.05, 0) is 41.5 Å². The van der Waals surface area contributed by atoms with E-state index < -0.39 is 0 Å². The monoisotopic (exact) mass is 332 g/mol. The molecule has 0 nitrogen and oxygen atoms in total. The predicted octanol–water partition coefficient (Wildman–Crippen LogP) is 5.69. The number of alkyl halides is 1. The van der Waals surface area contributed by atoms with E-state index in [4.69, 9.17) is 23.2 Å². The third kappa shape index (κ3) is 2.82. The molecule has 2 aromatic rings. The highest BCUT2D eigenvalue weighted by Crippen LogP contribution is 2.31. The Kier molecular flexibility index (Phi) is 4.08. The lowest BCUT2D eigenvalue weighted by atomic mass is 10.0. The zero-order chi connectivity index (χ0) is 12.4. The van der Waals surface area contributed by atoms with Crippen LogP contribution >= 0.6 is 39.1 Å². The second-order valence-corrected chi connectivity index (χ2v) is 4.97. The van der Waals surface area contributed by atoms with Crippen molar-refractivity contribution in [2.75, 3.05) is 0 Å². The summed E-state index contributed by atoms with van der Waals surface area (Å²) in [4.78, 5) is 0. The molecule has 0 aliphatic carbocycles. The summed E-state index contributed by atoms with van der Waals surface area (Å²) in [5, 5.41) is 1.67. The molecular weight excluding hydrogens is 326 g/mol. The van der Waals surface area contributed by atoms with Crippen LogP contribution < -0.4 is 0 Å². The van der Waals surface area contributed by atoms with Gasteiger partial charge >= 0.3 is 0 Å². The molecule has 0 spiro atoms. The molecule has 0 N–H and O–H groups in total. The van der Waals surface area contributed by atoms with Crippen molar-refractivity contribution in [1.82, 2.24) is 0 Å². The molecule has 2 rings (SSSR count). The first kappa shape index (κ1) is 12.9. The number of hydrogen-bond acceptors (Lipinski definition) is 0. The van der Waals surface area contributed by atoms with Gasteiger partial charge in [-0.15, -0.1) is 0 Å². The van der Waals surface area contributed by atoms with Gasteiger partial charge in [0.2, 0.25) is 0 Å². The third-order valence-electron chi connectivity index (χ3n) is 2.43. The molecule has 0 atom stereocenters. The molecule has 88 valence electrons. The Balaban J connectivity index is 2.56. The van der Waals surface area contributed by atoms with E-state index in [9.17, 15) is 4.39 Å². The van der Waals surface area contributed by atoms with Crippen molar-refractivity contribution in [2.24, 2.45) is 0 Å². The van der Waals surface area contributed by atoms with E-state index in [0.29, 0.717) is 20.9 Å². The molecule has 0 unspecified atom stereocenters. The SMILES string of the molecule is Fc1ccc(-c2cc(Cl)ccc2Cl)cc1CBr. The van der Waals surface area contributed by atoms with Crippen molar-refractivity contribution in [2.45, 2.75) is 5.33 Å². The van der Waals surface area contributed by atoms with Gasteiger partial charge in [-0.25, -0.2) is 4.39 Å². The minimum Gasteiger partial charge on any atom is -0.207 e. The van der Waals surface area contributed by atoms with Gasteiger partial charge in [0.25, 0.3) is 0 Å². The molecule has 0 saturated heterocycles. The van der Waals surface area contributed by atoms with Crippen LogP contribution in [0.25, 0.3) is 11.1 Å². The van der Waals surface area contributed by atoms with E-state index in [1.54, 1.807) is 30.3 Å². The summed E-state index contributed by atoms with van der Waals surface area (Å²) in [5.41, 5.74) is 2.26. The van der Waals surface area contributed by atoms with Crippen molar-refractivity contribution in [3.05, 3.63) is 57.8 Å². The average Bonchev–Trinajstić information content (AvgIpc) is 2.33. The highest BCUT2D eigenvalue weighted by Gasteiger charge is 2.07. The van der Waals surface area contributed by atoms with E-state index in [-0.39, 0.29) is 5.82 Å². The first-order valence-corrected chi connectivity index (χ1v) is 6.79. The molecule has 0 saturated carbocycles. The summed E-state index contributed by atoms with van der Waals surface area (Å²) >= 11 is 15.3. The van der Waals surface area contributed by atoms with Gasteiger partial charge in [0.05, 0.1) is 0 Å². The minimum absolute atomic E-state index is 0.233. The van der Waals surface area contributed by atoms with E-state index in [1.807, 2.05) is 0 Å². The van der Waals surface area contributed by atoms with Gasteiger partial charge in [-0.2, -0.15) is 0 Å². The van der Waals surface area contributed by atoms with Crippen molar-refractivity contribution in [3.63, 3.8) is 0 Å². The van der Waals surface area contributed by atoms with Crippen molar-refractivity contribution >= 4 is 39.1 Å². The summed E-state index contributed by atoms with van der Waals surface area (Å²) in [6, 6.07) is 10.1. The van der Waals surface area contributed by atoms with Gasteiger partial charge in [0.15, 0.2) is 0 Å². The molecule has 0 heterocycles. The molecular formula is C13H8BrCl2F. The number of hydrogen-bond donors (Lipinski definition) is 0. The van der Waals surface area contributed by atoms with Crippen LogP contribution in [0.5, 0.6) is 0 Å². The molecule has 0 amide bonds. The summed E-state index contributed by atoms with van der Waals surface area (Å²) in [5.74, 6) is -0.233. The fraction of sp³-hybridized carbons (Fsp3) is 0.0769. The van der Waals surface area contributed by atoms with Gasteiger partial charge in [-0.3, -0.25) is 0 Å². The summed E-state index contributed by atoms with van der Waals surface area (Å²) in [6.45, 7) is 0. The Bertz CT molecular complexity index is 555. The van der Waals surface area contributed by atoms with Gasteiger partial charge in [-0.1, -0.05) is 45.2 Å². The standard InChI is InChI=1S/C13H8BrCl2F/c14-7-9-5-8(1-4-13(9)17)11-6-10(15)2-3-12(11)16/h1-6H,7H2. The predicted molar refractivity (Wildman–Crippen MR) is 74.5 cm³/mol. The van der Waals surface area contributed by atoms with Crippen molar-refractivity contribution in [1.29, 1.82) is 0 Å². The van der Waals surface area contributed by atoms with E-state index >= 15 is 0 Å². The molecule has 17 heavy (non-hydrogen) atoms. The molecule has 0 radical (unpaired) electrons. The topological polar surface area (TPSA) is 0 Å². The van der Waals surface area contributed by atoms with Gasteiger partial charge < -0.3 is 0 Å². The van der Waals surface area contributed by atoms with Crippen LogP contribution in [0.4, 0.5) is 4.39 Å².